The van der Waals surface area contributed by atoms with Gasteiger partial charge in [0.25, 0.3) is 5.91 Å². The van der Waals surface area contributed by atoms with Crippen molar-refractivity contribution in [3.8, 4) is 0 Å². The lowest BCUT2D eigenvalue weighted by Gasteiger charge is -2.27. The summed E-state index contributed by atoms with van der Waals surface area (Å²) in [7, 11) is 0. The highest BCUT2D eigenvalue weighted by Crippen LogP contribution is 2.19. The summed E-state index contributed by atoms with van der Waals surface area (Å²) >= 11 is 0. The molecule has 3 rings (SSSR count). The molecular formula is C18H28N4O. The van der Waals surface area contributed by atoms with Crippen molar-refractivity contribution in [2.75, 3.05) is 18.0 Å². The Morgan fingerprint density at radius 1 is 1.04 bits per heavy atom. The first kappa shape index (κ1) is 16.2. The van der Waals surface area contributed by atoms with Crippen LogP contribution in [0.5, 0.6) is 0 Å². The van der Waals surface area contributed by atoms with Crippen molar-refractivity contribution < 1.29 is 4.79 Å². The van der Waals surface area contributed by atoms with Gasteiger partial charge in [0.1, 0.15) is 5.69 Å². The molecule has 0 spiro atoms. The minimum absolute atomic E-state index is 0.0411. The monoisotopic (exact) mass is 316 g/mol. The van der Waals surface area contributed by atoms with Crippen LogP contribution >= 0.6 is 0 Å². The minimum Gasteiger partial charge on any atom is -0.348 e. The van der Waals surface area contributed by atoms with Gasteiger partial charge >= 0.3 is 0 Å². The van der Waals surface area contributed by atoms with E-state index >= 15 is 0 Å². The highest BCUT2D eigenvalue weighted by Gasteiger charge is 2.20. The third-order valence-corrected chi connectivity index (χ3v) is 4.90. The molecule has 126 valence electrons. The first-order valence-corrected chi connectivity index (χ1v) is 9.14. The Kier molecular flexibility index (Phi) is 5.47. The van der Waals surface area contributed by atoms with Gasteiger partial charge in [-0.3, -0.25) is 4.79 Å². The lowest BCUT2D eigenvalue weighted by atomic mass is 10.1. The van der Waals surface area contributed by atoms with Gasteiger partial charge in [-0.2, -0.15) is 0 Å². The number of amides is 1. The van der Waals surface area contributed by atoms with Crippen molar-refractivity contribution in [2.24, 2.45) is 0 Å². The maximum atomic E-state index is 12.6. The summed E-state index contributed by atoms with van der Waals surface area (Å²) in [5.74, 6) is 0.677. The predicted molar refractivity (Wildman–Crippen MR) is 91.8 cm³/mol. The number of hydrogen-bond acceptors (Lipinski definition) is 4. The van der Waals surface area contributed by atoms with Gasteiger partial charge in [0, 0.05) is 24.8 Å². The molecule has 0 aromatic carbocycles. The molecule has 1 aliphatic carbocycles. The fraction of sp³-hybridized carbons (Fsp3) is 0.722. The molecule has 0 unspecified atom stereocenters. The van der Waals surface area contributed by atoms with E-state index in [-0.39, 0.29) is 5.91 Å². The average Bonchev–Trinajstić information content (AvgIpc) is 2.84. The molecule has 1 saturated heterocycles. The zero-order valence-corrected chi connectivity index (χ0v) is 14.2. The third kappa shape index (κ3) is 4.43. The summed E-state index contributed by atoms with van der Waals surface area (Å²) in [4.78, 5) is 23.9. The van der Waals surface area contributed by atoms with Gasteiger partial charge < -0.3 is 10.2 Å². The molecule has 0 atom stereocenters. The Bertz CT molecular complexity index is 532. The first-order valence-electron chi connectivity index (χ1n) is 9.14. The molecule has 1 aromatic heterocycles. The van der Waals surface area contributed by atoms with Crippen LogP contribution in [-0.4, -0.2) is 35.0 Å². The van der Waals surface area contributed by atoms with E-state index in [4.69, 9.17) is 0 Å². The zero-order valence-electron chi connectivity index (χ0n) is 14.2. The molecule has 1 saturated carbocycles. The number of carbonyl (C=O) groups is 1. The van der Waals surface area contributed by atoms with Gasteiger partial charge in [0.2, 0.25) is 5.95 Å². The first-order chi connectivity index (χ1) is 11.2. The van der Waals surface area contributed by atoms with Gasteiger partial charge in [0.05, 0.1) is 0 Å². The highest BCUT2D eigenvalue weighted by molar-refractivity contribution is 5.92. The number of anilines is 1. The Labute approximate surface area is 138 Å². The lowest BCUT2D eigenvalue weighted by molar-refractivity contribution is 0.0928. The molecule has 2 fully saturated rings. The van der Waals surface area contributed by atoms with Crippen LogP contribution in [-0.2, 0) is 0 Å². The van der Waals surface area contributed by atoms with Crippen molar-refractivity contribution in [2.45, 2.75) is 70.8 Å². The Hall–Kier alpha value is -1.65. The SMILES string of the molecule is Cc1cc(C(=O)NC2CCCCCC2)nc(N2CCCCC2)n1. The molecule has 1 amide bonds. The minimum atomic E-state index is -0.0411. The summed E-state index contributed by atoms with van der Waals surface area (Å²) in [6.45, 7) is 3.93. The van der Waals surface area contributed by atoms with Crippen molar-refractivity contribution in [1.82, 2.24) is 15.3 Å². The molecule has 23 heavy (non-hydrogen) atoms. The van der Waals surface area contributed by atoms with Crippen LogP contribution in [0.3, 0.4) is 0 Å². The van der Waals surface area contributed by atoms with Crippen LogP contribution in [0.15, 0.2) is 6.07 Å². The largest absolute Gasteiger partial charge is 0.348 e. The summed E-state index contributed by atoms with van der Waals surface area (Å²) in [5, 5.41) is 3.18. The fourth-order valence-corrected chi connectivity index (χ4v) is 3.59. The van der Waals surface area contributed by atoms with E-state index in [1.807, 2.05) is 6.92 Å². The fourth-order valence-electron chi connectivity index (χ4n) is 3.59. The van der Waals surface area contributed by atoms with Crippen LogP contribution < -0.4 is 10.2 Å². The topological polar surface area (TPSA) is 58.1 Å². The number of carbonyl (C=O) groups excluding carboxylic acids is 1. The summed E-state index contributed by atoms with van der Waals surface area (Å²) in [6, 6.07) is 2.11. The Morgan fingerprint density at radius 2 is 1.70 bits per heavy atom. The average molecular weight is 316 g/mol. The van der Waals surface area contributed by atoms with E-state index < -0.39 is 0 Å². The van der Waals surface area contributed by atoms with E-state index in [1.165, 1.54) is 44.9 Å². The predicted octanol–water partition coefficient (Wildman–Crippen LogP) is 3.23. The van der Waals surface area contributed by atoms with Gasteiger partial charge in [-0.1, -0.05) is 25.7 Å². The van der Waals surface area contributed by atoms with Crippen LogP contribution in [0, 0.1) is 6.92 Å². The third-order valence-electron chi connectivity index (χ3n) is 4.90. The zero-order chi connectivity index (χ0) is 16.1. The number of hydrogen-bond donors (Lipinski definition) is 1. The maximum Gasteiger partial charge on any atom is 0.270 e. The molecule has 0 bridgehead atoms. The molecule has 1 aliphatic heterocycles. The smallest absolute Gasteiger partial charge is 0.270 e. The summed E-state index contributed by atoms with van der Waals surface area (Å²) in [6.07, 6.45) is 10.8. The van der Waals surface area contributed by atoms with E-state index in [0.717, 1.165) is 37.6 Å². The number of rotatable bonds is 3. The van der Waals surface area contributed by atoms with Crippen LogP contribution in [0.2, 0.25) is 0 Å². The summed E-state index contributed by atoms with van der Waals surface area (Å²) < 4.78 is 0. The summed E-state index contributed by atoms with van der Waals surface area (Å²) in [5.41, 5.74) is 1.38. The van der Waals surface area contributed by atoms with Gasteiger partial charge in [-0.05, 0) is 45.1 Å². The number of nitrogens with one attached hydrogen (secondary N) is 1. The molecule has 2 aliphatic rings. The van der Waals surface area contributed by atoms with E-state index in [2.05, 4.69) is 20.2 Å². The number of nitrogens with zero attached hydrogens (tertiary/aromatic N) is 3. The number of aryl methyl sites for hydroxylation is 1. The second kappa shape index (κ2) is 7.75. The van der Waals surface area contributed by atoms with Gasteiger partial charge in [-0.15, -0.1) is 0 Å². The quantitative estimate of drug-likeness (QED) is 0.870. The van der Waals surface area contributed by atoms with Crippen molar-refractivity contribution >= 4 is 11.9 Å². The Morgan fingerprint density at radius 3 is 2.39 bits per heavy atom. The molecule has 1 aromatic rings. The van der Waals surface area contributed by atoms with E-state index in [9.17, 15) is 4.79 Å². The lowest BCUT2D eigenvalue weighted by Crippen LogP contribution is -2.36. The standard InChI is InChI=1S/C18H28N4O/c1-14-13-16(17(23)20-15-9-5-2-3-6-10-15)21-18(19-14)22-11-7-4-8-12-22/h13,15H,2-12H2,1H3,(H,20,23). The van der Waals surface area contributed by atoms with E-state index in [1.54, 1.807) is 6.07 Å². The second-order valence-electron chi connectivity index (χ2n) is 6.90. The normalized spacial score (nSPS) is 20.1. The second-order valence-corrected chi connectivity index (χ2v) is 6.90. The van der Waals surface area contributed by atoms with Crippen LogP contribution in [0.4, 0.5) is 5.95 Å². The number of aromatic nitrogens is 2. The Balaban J connectivity index is 1.70. The highest BCUT2D eigenvalue weighted by atomic mass is 16.1. The van der Waals surface area contributed by atoms with Crippen molar-refractivity contribution in [3.63, 3.8) is 0 Å². The molecular weight excluding hydrogens is 288 g/mol. The molecule has 1 N–H and O–H groups in total. The van der Waals surface area contributed by atoms with Crippen LogP contribution in [0.25, 0.3) is 0 Å². The van der Waals surface area contributed by atoms with Gasteiger partial charge in [0.15, 0.2) is 0 Å². The molecule has 5 heteroatoms. The molecule has 2 heterocycles. The molecule has 0 radical (unpaired) electrons. The molecule has 5 nitrogen and oxygen atoms in total. The van der Waals surface area contributed by atoms with Crippen molar-refractivity contribution in [1.29, 1.82) is 0 Å². The number of piperidine rings is 1. The van der Waals surface area contributed by atoms with Crippen molar-refractivity contribution in [3.05, 3.63) is 17.5 Å². The van der Waals surface area contributed by atoms with Gasteiger partial charge in [-0.25, -0.2) is 9.97 Å². The van der Waals surface area contributed by atoms with E-state index in [0.29, 0.717) is 11.7 Å². The van der Waals surface area contributed by atoms with Crippen LogP contribution in [0.1, 0.15) is 74.0 Å². The maximum absolute atomic E-state index is 12.6.